The number of hydrogen-bond donors (Lipinski definition) is 2. The second-order valence-electron chi connectivity index (χ2n) is 5.30. The van der Waals surface area contributed by atoms with Gasteiger partial charge < -0.3 is 9.73 Å². The Hall–Kier alpha value is -2.87. The van der Waals surface area contributed by atoms with Gasteiger partial charge in [0.1, 0.15) is 5.58 Å². The highest BCUT2D eigenvalue weighted by Crippen LogP contribution is 2.32. The van der Waals surface area contributed by atoms with Gasteiger partial charge in [0.2, 0.25) is 10.0 Å². The second-order valence-corrected chi connectivity index (χ2v) is 7.05. The Morgan fingerprint density at radius 1 is 1.21 bits per heavy atom. The summed E-state index contributed by atoms with van der Waals surface area (Å²) in [5, 5.41) is 3.25. The predicted molar refractivity (Wildman–Crippen MR) is 91.6 cm³/mol. The Morgan fingerprint density at radius 3 is 2.67 bits per heavy atom. The Balaban J connectivity index is 2.02. The number of fused-ring (bicyclic) bond motifs is 1. The molecule has 0 aliphatic carbocycles. The molecule has 0 atom stereocenters. The zero-order valence-corrected chi connectivity index (χ0v) is 13.8. The maximum absolute atomic E-state index is 12.4. The molecule has 0 radical (unpaired) electrons. The van der Waals surface area contributed by atoms with Crippen LogP contribution in [0.1, 0.15) is 16.1 Å². The van der Waals surface area contributed by atoms with E-state index in [2.05, 4.69) is 15.0 Å². The molecule has 7 nitrogen and oxygen atoms in total. The Bertz CT molecular complexity index is 1010. The molecule has 0 aliphatic rings. The molecular formula is C16H15N3O4S. The number of carbonyl (C=O) groups is 1. The summed E-state index contributed by atoms with van der Waals surface area (Å²) in [6, 6.07) is 8.36. The zero-order valence-electron chi connectivity index (χ0n) is 13.0. The van der Waals surface area contributed by atoms with Crippen molar-refractivity contribution in [3.8, 4) is 0 Å². The Kier molecular flexibility index (Phi) is 3.98. The van der Waals surface area contributed by atoms with E-state index in [9.17, 15) is 13.2 Å². The number of nitrogens with one attached hydrogen (secondary N) is 2. The third-order valence-corrected chi connectivity index (χ3v) is 3.97. The van der Waals surface area contributed by atoms with Crippen molar-refractivity contribution in [1.29, 1.82) is 0 Å². The van der Waals surface area contributed by atoms with Crippen LogP contribution in [0, 0.1) is 6.92 Å². The van der Waals surface area contributed by atoms with Gasteiger partial charge in [0.25, 0.3) is 5.91 Å². The number of aryl methyl sites for hydroxylation is 1. The molecule has 0 aliphatic heterocycles. The summed E-state index contributed by atoms with van der Waals surface area (Å²) >= 11 is 0. The minimum absolute atomic E-state index is 0.122. The van der Waals surface area contributed by atoms with Crippen LogP contribution in [-0.4, -0.2) is 25.6 Å². The first kappa shape index (κ1) is 16.0. The molecule has 24 heavy (non-hydrogen) atoms. The standard InChI is InChI=1S/C16H15N3O4S/c1-10-14-12(19-24(2,21)22)6-3-7-13(14)23-15(10)16(20)18-11-5-4-8-17-9-11/h3-9,19H,1-2H3,(H,18,20). The number of pyridine rings is 1. The minimum Gasteiger partial charge on any atom is -0.451 e. The van der Waals surface area contributed by atoms with E-state index in [0.717, 1.165) is 6.26 Å². The van der Waals surface area contributed by atoms with Crippen LogP contribution in [0.15, 0.2) is 47.1 Å². The third-order valence-electron chi connectivity index (χ3n) is 3.37. The Labute approximate surface area is 138 Å². The molecule has 0 unspecified atom stereocenters. The van der Waals surface area contributed by atoms with Crippen LogP contribution in [0.25, 0.3) is 11.0 Å². The van der Waals surface area contributed by atoms with Gasteiger partial charge in [-0.2, -0.15) is 0 Å². The molecule has 3 aromatic rings. The molecule has 1 aromatic carbocycles. The van der Waals surface area contributed by atoms with Crippen molar-refractivity contribution in [2.24, 2.45) is 0 Å². The van der Waals surface area contributed by atoms with Crippen molar-refractivity contribution in [3.63, 3.8) is 0 Å². The summed E-state index contributed by atoms with van der Waals surface area (Å²) < 4.78 is 31.1. The molecule has 124 valence electrons. The number of furan rings is 1. The number of aromatic nitrogens is 1. The number of rotatable bonds is 4. The normalized spacial score (nSPS) is 11.4. The number of carbonyl (C=O) groups excluding carboxylic acids is 1. The topological polar surface area (TPSA) is 101 Å². The molecule has 0 bridgehead atoms. The van der Waals surface area contributed by atoms with Crippen LogP contribution in [0.2, 0.25) is 0 Å². The maximum Gasteiger partial charge on any atom is 0.291 e. The van der Waals surface area contributed by atoms with E-state index in [0.29, 0.717) is 27.9 Å². The van der Waals surface area contributed by atoms with Gasteiger partial charge in [0.15, 0.2) is 5.76 Å². The smallest absolute Gasteiger partial charge is 0.291 e. The van der Waals surface area contributed by atoms with E-state index >= 15 is 0 Å². The average Bonchev–Trinajstić information content (AvgIpc) is 2.85. The van der Waals surface area contributed by atoms with Crippen LogP contribution in [-0.2, 0) is 10.0 Å². The molecule has 0 spiro atoms. The lowest BCUT2D eigenvalue weighted by Crippen LogP contribution is -2.12. The number of amides is 1. The molecule has 2 N–H and O–H groups in total. The van der Waals surface area contributed by atoms with Gasteiger partial charge in [-0.1, -0.05) is 6.07 Å². The fourth-order valence-electron chi connectivity index (χ4n) is 2.43. The van der Waals surface area contributed by atoms with Crippen LogP contribution in [0.5, 0.6) is 0 Å². The highest BCUT2D eigenvalue weighted by atomic mass is 32.2. The van der Waals surface area contributed by atoms with E-state index in [4.69, 9.17) is 4.42 Å². The van der Waals surface area contributed by atoms with Crippen molar-refractivity contribution < 1.29 is 17.6 Å². The molecule has 0 saturated heterocycles. The lowest BCUT2D eigenvalue weighted by molar-refractivity contribution is 0.0998. The first-order valence-electron chi connectivity index (χ1n) is 7.06. The lowest BCUT2D eigenvalue weighted by Gasteiger charge is -2.05. The number of hydrogen-bond acceptors (Lipinski definition) is 5. The van der Waals surface area contributed by atoms with Crippen LogP contribution in [0.4, 0.5) is 11.4 Å². The van der Waals surface area contributed by atoms with Gasteiger partial charge in [-0.25, -0.2) is 8.42 Å². The van der Waals surface area contributed by atoms with Gasteiger partial charge in [0, 0.05) is 17.1 Å². The van der Waals surface area contributed by atoms with Crippen LogP contribution < -0.4 is 10.0 Å². The van der Waals surface area contributed by atoms with E-state index in [1.165, 1.54) is 6.20 Å². The van der Waals surface area contributed by atoms with Crippen molar-refractivity contribution in [3.05, 3.63) is 54.0 Å². The van der Waals surface area contributed by atoms with Crippen molar-refractivity contribution in [2.45, 2.75) is 6.92 Å². The zero-order chi connectivity index (χ0) is 17.3. The molecule has 1 amide bonds. The molecule has 0 fully saturated rings. The van der Waals surface area contributed by atoms with Gasteiger partial charge >= 0.3 is 0 Å². The fourth-order valence-corrected chi connectivity index (χ4v) is 3.00. The molecule has 3 rings (SSSR count). The van der Waals surface area contributed by atoms with Gasteiger partial charge in [-0.15, -0.1) is 0 Å². The van der Waals surface area contributed by atoms with Gasteiger partial charge in [-0.3, -0.25) is 14.5 Å². The first-order chi connectivity index (χ1) is 11.3. The largest absolute Gasteiger partial charge is 0.451 e. The molecular weight excluding hydrogens is 330 g/mol. The SMILES string of the molecule is Cc1c(C(=O)Nc2cccnc2)oc2cccc(NS(C)(=O)=O)c12. The van der Waals surface area contributed by atoms with Crippen molar-refractivity contribution in [1.82, 2.24) is 4.98 Å². The summed E-state index contributed by atoms with van der Waals surface area (Å²) in [6.07, 6.45) is 4.19. The highest BCUT2D eigenvalue weighted by molar-refractivity contribution is 7.92. The molecule has 2 heterocycles. The molecule has 0 saturated carbocycles. The minimum atomic E-state index is -3.45. The summed E-state index contributed by atoms with van der Waals surface area (Å²) in [4.78, 5) is 16.4. The predicted octanol–water partition coefficient (Wildman–Crippen LogP) is 2.76. The van der Waals surface area contributed by atoms with E-state index in [1.54, 1.807) is 43.5 Å². The Morgan fingerprint density at radius 2 is 2.00 bits per heavy atom. The van der Waals surface area contributed by atoms with E-state index in [-0.39, 0.29) is 5.76 Å². The van der Waals surface area contributed by atoms with Gasteiger partial charge in [-0.05, 0) is 31.2 Å². The molecule has 8 heteroatoms. The lowest BCUT2D eigenvalue weighted by atomic mass is 10.1. The van der Waals surface area contributed by atoms with E-state index in [1.807, 2.05) is 0 Å². The number of anilines is 2. The maximum atomic E-state index is 12.4. The average molecular weight is 345 g/mol. The van der Waals surface area contributed by atoms with Crippen molar-refractivity contribution in [2.75, 3.05) is 16.3 Å². The fraction of sp³-hybridized carbons (Fsp3) is 0.125. The van der Waals surface area contributed by atoms with Gasteiger partial charge in [0.05, 0.1) is 23.8 Å². The first-order valence-corrected chi connectivity index (χ1v) is 8.95. The monoisotopic (exact) mass is 345 g/mol. The third kappa shape index (κ3) is 3.23. The number of nitrogens with zero attached hydrogens (tertiary/aromatic N) is 1. The summed E-state index contributed by atoms with van der Waals surface area (Å²) in [5.41, 5.74) is 1.89. The molecule has 2 aromatic heterocycles. The number of benzene rings is 1. The highest BCUT2D eigenvalue weighted by Gasteiger charge is 2.20. The van der Waals surface area contributed by atoms with Crippen molar-refractivity contribution >= 4 is 38.3 Å². The summed E-state index contributed by atoms with van der Waals surface area (Å²) in [5.74, 6) is -0.307. The second kappa shape index (κ2) is 5.97. The quantitative estimate of drug-likeness (QED) is 0.757. The van der Waals surface area contributed by atoms with E-state index < -0.39 is 15.9 Å². The number of sulfonamides is 1. The summed E-state index contributed by atoms with van der Waals surface area (Å²) in [6.45, 7) is 1.71. The summed E-state index contributed by atoms with van der Waals surface area (Å²) in [7, 11) is -3.45. The van der Waals surface area contributed by atoms with Crippen LogP contribution in [0.3, 0.4) is 0 Å². The van der Waals surface area contributed by atoms with Crippen LogP contribution >= 0.6 is 0 Å².